The maximum atomic E-state index is 12.6. The van der Waals surface area contributed by atoms with E-state index in [1.807, 2.05) is 39.0 Å². The fourth-order valence-electron chi connectivity index (χ4n) is 3.24. The van der Waals surface area contributed by atoms with Crippen molar-refractivity contribution in [2.75, 3.05) is 10.6 Å². The van der Waals surface area contributed by atoms with Gasteiger partial charge in [0, 0.05) is 17.3 Å². The van der Waals surface area contributed by atoms with Gasteiger partial charge in [-0.25, -0.2) is 0 Å². The lowest BCUT2D eigenvalue weighted by atomic mass is 10.1. The Labute approximate surface area is 157 Å². The molecule has 2 amide bonds. The Morgan fingerprint density at radius 3 is 2.46 bits per heavy atom. The minimum atomic E-state index is -0.217. The summed E-state index contributed by atoms with van der Waals surface area (Å²) in [7, 11) is 0. The summed E-state index contributed by atoms with van der Waals surface area (Å²) < 4.78 is 3.90. The van der Waals surface area contributed by atoms with Crippen LogP contribution in [0.1, 0.15) is 66.4 Å². The molecule has 0 spiro atoms. The molecule has 1 saturated carbocycles. The second-order valence-corrected chi connectivity index (χ2v) is 7.80. The van der Waals surface area contributed by atoms with Gasteiger partial charge in [-0.3, -0.25) is 9.59 Å². The largest absolute Gasteiger partial charge is 0.326 e. The summed E-state index contributed by atoms with van der Waals surface area (Å²) >= 11 is 1.10. The van der Waals surface area contributed by atoms with E-state index >= 15 is 0 Å². The van der Waals surface area contributed by atoms with Crippen molar-refractivity contribution in [3.8, 4) is 0 Å². The standard InChI is InChI=1S/C19H24N4O2S/c1-11(2)16-17(26-23-22-16)19(25)21-15-10-6-9-14(12(15)3)20-18(24)13-7-4-5-8-13/h6,9-11,13H,4-5,7-8H2,1-3H3,(H,20,24)(H,21,25). The first-order chi connectivity index (χ1) is 12.5. The third-order valence-electron chi connectivity index (χ3n) is 4.83. The quantitative estimate of drug-likeness (QED) is 0.817. The summed E-state index contributed by atoms with van der Waals surface area (Å²) in [4.78, 5) is 25.5. The number of carbonyl (C=O) groups is 2. The summed E-state index contributed by atoms with van der Waals surface area (Å²) in [6.07, 6.45) is 4.15. The smallest absolute Gasteiger partial charge is 0.269 e. The lowest BCUT2D eigenvalue weighted by Crippen LogP contribution is -2.21. The molecule has 0 atom stereocenters. The highest BCUT2D eigenvalue weighted by molar-refractivity contribution is 7.08. The average Bonchev–Trinajstić information content (AvgIpc) is 3.29. The second-order valence-electron chi connectivity index (χ2n) is 7.04. The van der Waals surface area contributed by atoms with E-state index in [9.17, 15) is 9.59 Å². The van der Waals surface area contributed by atoms with Crippen molar-refractivity contribution in [1.82, 2.24) is 9.59 Å². The van der Waals surface area contributed by atoms with E-state index in [1.165, 1.54) is 0 Å². The van der Waals surface area contributed by atoms with Crippen LogP contribution in [0.5, 0.6) is 0 Å². The van der Waals surface area contributed by atoms with Crippen LogP contribution in [0.4, 0.5) is 11.4 Å². The molecule has 1 heterocycles. The fourth-order valence-corrected chi connectivity index (χ4v) is 3.96. The molecular formula is C19H24N4O2S. The molecule has 1 aromatic heterocycles. The molecule has 1 fully saturated rings. The van der Waals surface area contributed by atoms with Crippen LogP contribution in [0.2, 0.25) is 0 Å². The van der Waals surface area contributed by atoms with Crippen molar-refractivity contribution in [3.05, 3.63) is 34.3 Å². The van der Waals surface area contributed by atoms with Gasteiger partial charge >= 0.3 is 0 Å². The number of amides is 2. The first-order valence-corrected chi connectivity index (χ1v) is 9.78. The predicted molar refractivity (Wildman–Crippen MR) is 104 cm³/mol. The number of benzene rings is 1. The van der Waals surface area contributed by atoms with Crippen LogP contribution in [-0.4, -0.2) is 21.4 Å². The zero-order valence-corrected chi connectivity index (χ0v) is 16.2. The summed E-state index contributed by atoms with van der Waals surface area (Å²) in [5, 5.41) is 10.0. The molecule has 0 aliphatic heterocycles. The van der Waals surface area contributed by atoms with Crippen LogP contribution < -0.4 is 10.6 Å². The SMILES string of the molecule is Cc1c(NC(=O)c2snnc2C(C)C)cccc1NC(=O)C1CCCC1. The van der Waals surface area contributed by atoms with Gasteiger partial charge in [0.25, 0.3) is 5.91 Å². The van der Waals surface area contributed by atoms with Crippen molar-refractivity contribution < 1.29 is 9.59 Å². The van der Waals surface area contributed by atoms with Crippen molar-refractivity contribution in [2.45, 2.75) is 52.4 Å². The lowest BCUT2D eigenvalue weighted by molar-refractivity contribution is -0.119. The lowest BCUT2D eigenvalue weighted by Gasteiger charge is -2.15. The van der Waals surface area contributed by atoms with Gasteiger partial charge in [-0.05, 0) is 54.9 Å². The topological polar surface area (TPSA) is 84.0 Å². The molecule has 1 aliphatic carbocycles. The van der Waals surface area contributed by atoms with Crippen LogP contribution >= 0.6 is 11.5 Å². The van der Waals surface area contributed by atoms with Gasteiger partial charge < -0.3 is 10.6 Å². The first kappa shape index (κ1) is 18.5. The van der Waals surface area contributed by atoms with E-state index < -0.39 is 0 Å². The maximum Gasteiger partial charge on any atom is 0.269 e. The number of nitrogens with zero attached hydrogens (tertiary/aromatic N) is 2. The van der Waals surface area contributed by atoms with E-state index in [1.54, 1.807) is 0 Å². The van der Waals surface area contributed by atoms with E-state index in [4.69, 9.17) is 0 Å². The van der Waals surface area contributed by atoms with Crippen LogP contribution in [0.15, 0.2) is 18.2 Å². The van der Waals surface area contributed by atoms with Gasteiger partial charge in [-0.2, -0.15) is 0 Å². The number of carbonyl (C=O) groups excluding carboxylic acids is 2. The predicted octanol–water partition coefficient (Wildman–Crippen LogP) is 4.35. The number of hydrogen-bond donors (Lipinski definition) is 2. The Balaban J connectivity index is 1.75. The van der Waals surface area contributed by atoms with Crippen molar-refractivity contribution in [3.63, 3.8) is 0 Å². The van der Waals surface area contributed by atoms with E-state index in [0.29, 0.717) is 16.3 Å². The molecule has 26 heavy (non-hydrogen) atoms. The molecule has 3 rings (SSSR count). The molecule has 0 radical (unpaired) electrons. The molecule has 0 unspecified atom stereocenters. The number of anilines is 2. The van der Waals surface area contributed by atoms with Gasteiger partial charge in [0.2, 0.25) is 5.91 Å². The molecule has 7 heteroatoms. The Morgan fingerprint density at radius 2 is 1.81 bits per heavy atom. The minimum Gasteiger partial charge on any atom is -0.326 e. The van der Waals surface area contributed by atoms with Crippen molar-refractivity contribution >= 4 is 34.7 Å². The highest BCUT2D eigenvalue weighted by Crippen LogP contribution is 2.29. The Morgan fingerprint density at radius 1 is 1.15 bits per heavy atom. The third kappa shape index (κ3) is 3.93. The van der Waals surface area contributed by atoms with E-state index in [0.717, 1.165) is 48.5 Å². The summed E-state index contributed by atoms with van der Waals surface area (Å²) in [5.41, 5.74) is 2.97. The Hall–Kier alpha value is -2.28. The molecule has 6 nitrogen and oxygen atoms in total. The summed E-state index contributed by atoms with van der Waals surface area (Å²) in [6.45, 7) is 5.87. The minimum absolute atomic E-state index is 0.0721. The molecule has 1 aliphatic rings. The molecule has 0 bridgehead atoms. The molecule has 138 valence electrons. The monoisotopic (exact) mass is 372 g/mol. The fraction of sp³-hybridized carbons (Fsp3) is 0.474. The Kier molecular flexibility index (Phi) is 5.66. The van der Waals surface area contributed by atoms with Crippen molar-refractivity contribution in [1.29, 1.82) is 0 Å². The average molecular weight is 372 g/mol. The maximum absolute atomic E-state index is 12.6. The molecule has 2 N–H and O–H groups in total. The third-order valence-corrected chi connectivity index (χ3v) is 5.57. The zero-order valence-electron chi connectivity index (χ0n) is 15.3. The van der Waals surface area contributed by atoms with Gasteiger partial charge in [0.15, 0.2) is 0 Å². The van der Waals surface area contributed by atoms with Crippen LogP contribution in [-0.2, 0) is 4.79 Å². The highest BCUT2D eigenvalue weighted by Gasteiger charge is 2.24. The van der Waals surface area contributed by atoms with E-state index in [-0.39, 0.29) is 23.7 Å². The van der Waals surface area contributed by atoms with Crippen LogP contribution in [0.3, 0.4) is 0 Å². The number of hydrogen-bond acceptors (Lipinski definition) is 5. The molecule has 1 aromatic carbocycles. The number of aromatic nitrogens is 2. The van der Waals surface area contributed by atoms with Crippen LogP contribution in [0, 0.1) is 12.8 Å². The van der Waals surface area contributed by atoms with Crippen LogP contribution in [0.25, 0.3) is 0 Å². The van der Waals surface area contributed by atoms with Gasteiger partial charge in [0.1, 0.15) is 4.88 Å². The van der Waals surface area contributed by atoms with E-state index in [2.05, 4.69) is 20.2 Å². The normalized spacial score (nSPS) is 14.6. The van der Waals surface area contributed by atoms with Gasteiger partial charge in [-0.1, -0.05) is 37.2 Å². The second kappa shape index (κ2) is 7.95. The van der Waals surface area contributed by atoms with Crippen molar-refractivity contribution in [2.24, 2.45) is 5.92 Å². The highest BCUT2D eigenvalue weighted by atomic mass is 32.1. The number of rotatable bonds is 5. The van der Waals surface area contributed by atoms with Gasteiger partial charge in [-0.15, -0.1) is 5.10 Å². The molecule has 2 aromatic rings. The summed E-state index contributed by atoms with van der Waals surface area (Å²) in [5.74, 6) is 0.0889. The number of nitrogens with one attached hydrogen (secondary N) is 2. The molecule has 0 saturated heterocycles. The van der Waals surface area contributed by atoms with Gasteiger partial charge in [0.05, 0.1) is 5.69 Å². The summed E-state index contributed by atoms with van der Waals surface area (Å²) in [6, 6.07) is 5.54. The zero-order chi connectivity index (χ0) is 18.7. The Bertz CT molecular complexity index is 810. The first-order valence-electron chi connectivity index (χ1n) is 9.01. The molecular weight excluding hydrogens is 348 g/mol.